The fourth-order valence-corrected chi connectivity index (χ4v) is 3.04. The Hall–Kier alpha value is -2.54. The summed E-state index contributed by atoms with van der Waals surface area (Å²) in [6, 6.07) is 10.5. The van der Waals surface area contributed by atoms with Gasteiger partial charge in [0, 0.05) is 0 Å². The molecule has 6 nitrogen and oxygen atoms in total. The minimum Gasteiger partial charge on any atom is -0.482 e. The highest BCUT2D eigenvalue weighted by Gasteiger charge is 2.34. The van der Waals surface area contributed by atoms with Crippen LogP contribution in [0.5, 0.6) is 11.5 Å². The number of nitrogens with one attached hydrogen (secondary N) is 1. The zero-order valence-corrected chi connectivity index (χ0v) is 13.4. The molecule has 1 aliphatic heterocycles. The van der Waals surface area contributed by atoms with Crippen molar-refractivity contribution in [1.82, 2.24) is 0 Å². The van der Waals surface area contributed by atoms with Crippen molar-refractivity contribution in [2.45, 2.75) is 19.1 Å². The first-order chi connectivity index (χ1) is 11.1. The van der Waals surface area contributed by atoms with Crippen molar-refractivity contribution < 1.29 is 23.8 Å². The molecule has 2 aromatic rings. The first-order valence-corrected chi connectivity index (χ1v) is 7.81. The Morgan fingerprint density at radius 2 is 1.83 bits per heavy atom. The number of carbonyl (C=O) groups is 2. The summed E-state index contributed by atoms with van der Waals surface area (Å²) in [6.45, 7) is 1.77. The molecule has 2 heterocycles. The summed E-state index contributed by atoms with van der Waals surface area (Å²) >= 11 is 1.14. The van der Waals surface area contributed by atoms with Crippen LogP contribution >= 0.6 is 11.3 Å². The van der Waals surface area contributed by atoms with E-state index in [1.165, 1.54) is 7.11 Å². The van der Waals surface area contributed by atoms with E-state index in [4.69, 9.17) is 9.47 Å². The Morgan fingerprint density at radius 1 is 1.13 bits per heavy atom. The first kappa shape index (κ1) is 15.4. The highest BCUT2D eigenvalue weighted by molar-refractivity contribution is 7.18. The third-order valence-electron chi connectivity index (χ3n) is 3.34. The molecule has 0 fully saturated rings. The van der Waals surface area contributed by atoms with Crippen LogP contribution in [0, 0.1) is 0 Å². The van der Waals surface area contributed by atoms with Gasteiger partial charge in [-0.25, -0.2) is 4.79 Å². The van der Waals surface area contributed by atoms with Gasteiger partial charge in [0.05, 0.1) is 12.1 Å². The van der Waals surface area contributed by atoms with E-state index < -0.39 is 18.2 Å². The van der Waals surface area contributed by atoms with Crippen LogP contribution in [-0.4, -0.2) is 31.2 Å². The van der Waals surface area contributed by atoms with Gasteiger partial charge in [-0.15, -0.1) is 11.3 Å². The third kappa shape index (κ3) is 3.14. The summed E-state index contributed by atoms with van der Waals surface area (Å²) in [4.78, 5) is 24.3. The maximum atomic E-state index is 12.4. The van der Waals surface area contributed by atoms with Gasteiger partial charge in [0.1, 0.15) is 11.0 Å². The second kappa shape index (κ2) is 6.29. The summed E-state index contributed by atoms with van der Waals surface area (Å²) < 4.78 is 16.1. The van der Waals surface area contributed by atoms with Gasteiger partial charge in [-0.2, -0.15) is 0 Å². The lowest BCUT2D eigenvalue weighted by molar-refractivity contribution is -0.127. The van der Waals surface area contributed by atoms with Crippen molar-refractivity contribution >= 4 is 28.2 Å². The summed E-state index contributed by atoms with van der Waals surface area (Å²) in [5, 5.41) is 3.29. The molecule has 1 aromatic carbocycles. The zero-order valence-electron chi connectivity index (χ0n) is 12.6. The third-order valence-corrected chi connectivity index (χ3v) is 4.32. The molecule has 0 bridgehead atoms. The summed E-state index contributed by atoms with van der Waals surface area (Å²) in [7, 11) is 1.31. The topological polar surface area (TPSA) is 73.9 Å². The summed E-state index contributed by atoms with van der Waals surface area (Å²) in [6.07, 6.45) is -1.20. The molecule has 1 N–H and O–H groups in total. The fraction of sp³-hybridized carbons (Fsp3) is 0.250. The number of amides is 1. The van der Waals surface area contributed by atoms with Crippen molar-refractivity contribution in [1.29, 1.82) is 0 Å². The number of benzene rings is 1. The van der Waals surface area contributed by atoms with Crippen LogP contribution in [0.2, 0.25) is 0 Å². The van der Waals surface area contributed by atoms with Crippen LogP contribution in [0.25, 0.3) is 0 Å². The first-order valence-electron chi connectivity index (χ1n) is 7.00. The SMILES string of the molecule is COC(=O)c1ccc(NC(=O)[C@H]2Oc3ccccc3O[C@H]2C)s1. The highest BCUT2D eigenvalue weighted by atomic mass is 32.1. The predicted molar refractivity (Wildman–Crippen MR) is 85.2 cm³/mol. The van der Waals surface area contributed by atoms with Crippen molar-refractivity contribution in [2.75, 3.05) is 12.4 Å². The minimum absolute atomic E-state index is 0.328. The maximum Gasteiger partial charge on any atom is 0.348 e. The molecule has 23 heavy (non-hydrogen) atoms. The molecule has 120 valence electrons. The standard InChI is InChI=1S/C16H15NO5S/c1-9-14(22-11-6-4-3-5-10(11)21-9)15(18)17-13-8-7-12(23-13)16(19)20-2/h3-9,14H,1-2H3,(H,17,18)/t9-,14-/m0/s1. The molecular weight excluding hydrogens is 318 g/mol. The molecule has 1 aromatic heterocycles. The van der Waals surface area contributed by atoms with Crippen molar-refractivity contribution in [2.24, 2.45) is 0 Å². The Morgan fingerprint density at radius 3 is 2.52 bits per heavy atom. The molecule has 2 atom stereocenters. The number of esters is 1. The number of carbonyl (C=O) groups excluding carboxylic acids is 2. The van der Waals surface area contributed by atoms with Gasteiger partial charge in [-0.1, -0.05) is 12.1 Å². The monoisotopic (exact) mass is 333 g/mol. The molecule has 7 heteroatoms. The average molecular weight is 333 g/mol. The van der Waals surface area contributed by atoms with Crippen LogP contribution < -0.4 is 14.8 Å². The second-order valence-electron chi connectivity index (χ2n) is 4.95. The summed E-state index contributed by atoms with van der Waals surface area (Å²) in [5.41, 5.74) is 0. The minimum atomic E-state index is -0.770. The Bertz CT molecular complexity index is 742. The maximum absolute atomic E-state index is 12.4. The Kier molecular flexibility index (Phi) is 4.20. The molecule has 0 spiro atoms. The molecular formula is C16H15NO5S. The van der Waals surface area contributed by atoms with Gasteiger partial charge in [0.15, 0.2) is 11.5 Å². The number of thiophene rings is 1. The van der Waals surface area contributed by atoms with E-state index in [1.54, 1.807) is 31.2 Å². The highest BCUT2D eigenvalue weighted by Crippen LogP contribution is 2.34. The van der Waals surface area contributed by atoms with E-state index >= 15 is 0 Å². The normalized spacial score (nSPS) is 19.0. The Labute approximate surface area is 137 Å². The number of para-hydroxylation sites is 2. The molecule has 0 saturated heterocycles. The van der Waals surface area contributed by atoms with Crippen LogP contribution in [0.1, 0.15) is 16.6 Å². The van der Waals surface area contributed by atoms with Gasteiger partial charge in [0.25, 0.3) is 5.91 Å². The lowest BCUT2D eigenvalue weighted by Gasteiger charge is -2.30. The fourth-order valence-electron chi connectivity index (χ4n) is 2.21. The van der Waals surface area contributed by atoms with Crippen molar-refractivity contribution in [3.05, 3.63) is 41.3 Å². The number of rotatable bonds is 3. The number of methoxy groups -OCH3 is 1. The van der Waals surface area contributed by atoms with E-state index in [0.717, 1.165) is 11.3 Å². The van der Waals surface area contributed by atoms with E-state index in [0.29, 0.717) is 21.4 Å². The van der Waals surface area contributed by atoms with Gasteiger partial charge < -0.3 is 19.5 Å². The van der Waals surface area contributed by atoms with Crippen molar-refractivity contribution in [3.63, 3.8) is 0 Å². The second-order valence-corrected chi connectivity index (χ2v) is 6.04. The molecule has 0 unspecified atom stereocenters. The quantitative estimate of drug-likeness (QED) is 0.874. The van der Waals surface area contributed by atoms with Gasteiger partial charge >= 0.3 is 5.97 Å². The lowest BCUT2D eigenvalue weighted by Crippen LogP contribution is -2.46. The number of hydrogen-bond donors (Lipinski definition) is 1. The number of ether oxygens (including phenoxy) is 3. The smallest absolute Gasteiger partial charge is 0.348 e. The number of anilines is 1. The molecule has 3 rings (SSSR count). The molecule has 0 aliphatic carbocycles. The predicted octanol–water partition coefficient (Wildman–Crippen LogP) is 2.70. The Balaban J connectivity index is 1.71. The largest absolute Gasteiger partial charge is 0.482 e. The van der Waals surface area contributed by atoms with Crippen LogP contribution in [0.3, 0.4) is 0 Å². The number of fused-ring (bicyclic) bond motifs is 1. The van der Waals surface area contributed by atoms with Crippen LogP contribution in [0.15, 0.2) is 36.4 Å². The lowest BCUT2D eigenvalue weighted by atomic mass is 10.1. The van der Waals surface area contributed by atoms with Gasteiger partial charge in [0.2, 0.25) is 6.10 Å². The van der Waals surface area contributed by atoms with Crippen LogP contribution in [-0.2, 0) is 9.53 Å². The molecule has 1 aliphatic rings. The van der Waals surface area contributed by atoms with E-state index in [-0.39, 0.29) is 5.91 Å². The summed E-state index contributed by atoms with van der Waals surface area (Å²) in [5.74, 6) is 0.389. The van der Waals surface area contributed by atoms with E-state index in [1.807, 2.05) is 12.1 Å². The zero-order chi connectivity index (χ0) is 16.4. The van der Waals surface area contributed by atoms with E-state index in [2.05, 4.69) is 10.1 Å². The number of hydrogen-bond acceptors (Lipinski definition) is 6. The van der Waals surface area contributed by atoms with Crippen LogP contribution in [0.4, 0.5) is 5.00 Å². The van der Waals surface area contributed by atoms with Gasteiger partial charge in [-0.05, 0) is 31.2 Å². The molecule has 1 amide bonds. The average Bonchev–Trinajstić information content (AvgIpc) is 3.01. The van der Waals surface area contributed by atoms with Gasteiger partial charge in [-0.3, -0.25) is 4.79 Å². The molecule has 0 radical (unpaired) electrons. The van der Waals surface area contributed by atoms with Crippen molar-refractivity contribution in [3.8, 4) is 11.5 Å². The molecule has 0 saturated carbocycles. The van der Waals surface area contributed by atoms with E-state index in [9.17, 15) is 9.59 Å².